The molecule has 4 aromatic rings. The number of hydrogen-bond donors (Lipinski definition) is 1. The Bertz CT molecular complexity index is 1410. The van der Waals surface area contributed by atoms with Gasteiger partial charge in [0.2, 0.25) is 5.82 Å². The van der Waals surface area contributed by atoms with Crippen LogP contribution in [-0.2, 0) is 6.42 Å². The fourth-order valence-corrected chi connectivity index (χ4v) is 4.82. The van der Waals surface area contributed by atoms with E-state index in [-0.39, 0.29) is 6.03 Å². The average molecular weight is 497 g/mol. The number of nitrogens with one attached hydrogen (secondary N) is 1. The zero-order chi connectivity index (χ0) is 25.2. The number of aryl methyl sites for hydroxylation is 2. The molecule has 1 aromatic heterocycles. The molecule has 182 valence electrons. The lowest BCUT2D eigenvalue weighted by molar-refractivity contribution is 0.244. The third kappa shape index (κ3) is 4.54. The molecule has 0 fully saturated rings. The molecule has 0 radical (unpaired) electrons. The normalized spacial score (nSPS) is 15.8. The molecule has 5 rings (SSSR count). The van der Waals surface area contributed by atoms with Crippen molar-refractivity contribution in [1.29, 1.82) is 0 Å². The molecule has 0 saturated heterocycles. The fourth-order valence-electron chi connectivity index (χ4n) is 4.41. The highest BCUT2D eigenvalue weighted by Gasteiger charge is 2.36. The summed E-state index contributed by atoms with van der Waals surface area (Å²) in [7, 11) is 0. The summed E-state index contributed by atoms with van der Waals surface area (Å²) < 4.78 is 5.82. The van der Waals surface area contributed by atoms with Gasteiger partial charge >= 0.3 is 6.03 Å². The molecule has 0 bridgehead atoms. The third-order valence-corrected chi connectivity index (χ3v) is 7.25. The van der Waals surface area contributed by atoms with Crippen molar-refractivity contribution in [3.8, 4) is 11.4 Å². The fraction of sp³-hybridized carbons (Fsp3) is 0.207. The molecule has 2 heterocycles. The van der Waals surface area contributed by atoms with Gasteiger partial charge in [-0.3, -0.25) is 4.90 Å². The number of benzene rings is 3. The van der Waals surface area contributed by atoms with Crippen LogP contribution in [0.25, 0.3) is 17.0 Å². The summed E-state index contributed by atoms with van der Waals surface area (Å²) in [5.41, 5.74) is 6.50. The van der Waals surface area contributed by atoms with Crippen LogP contribution in [0.2, 0.25) is 0 Å². The van der Waals surface area contributed by atoms with Crippen molar-refractivity contribution >= 4 is 29.1 Å². The summed E-state index contributed by atoms with van der Waals surface area (Å²) in [6, 6.07) is 23.6. The van der Waals surface area contributed by atoms with Crippen LogP contribution in [0.5, 0.6) is 0 Å². The molecule has 1 aliphatic heterocycles. The Labute approximate surface area is 215 Å². The number of hydrogen-bond acceptors (Lipinski definition) is 5. The number of urea groups is 1. The summed E-state index contributed by atoms with van der Waals surface area (Å²) >= 11 is 1.68. The van der Waals surface area contributed by atoms with Crippen LogP contribution in [0.3, 0.4) is 0 Å². The smallest absolute Gasteiger partial charge is 0.326 e. The number of carbonyl (C=O) groups excluding carboxylic acids is 1. The minimum absolute atomic E-state index is 0.197. The van der Waals surface area contributed by atoms with Gasteiger partial charge in [0, 0.05) is 16.2 Å². The standard InChI is InChI=1S/C29H28N4O2S/c1-5-20-8-10-21(11-9-20)26-25(19(3)33(29(34)30-26)23-14-6-18(2)7-15-23)28-31-27(32-35-28)22-12-16-24(36-4)17-13-22/h6-17,26H,5H2,1-4H3,(H,30,34). The molecule has 6 nitrogen and oxygen atoms in total. The van der Waals surface area contributed by atoms with Gasteiger partial charge in [0.05, 0.1) is 17.3 Å². The monoisotopic (exact) mass is 496 g/mol. The van der Waals surface area contributed by atoms with Crippen molar-refractivity contribution in [3.63, 3.8) is 0 Å². The van der Waals surface area contributed by atoms with Gasteiger partial charge in [0.15, 0.2) is 0 Å². The molecule has 0 spiro atoms. The van der Waals surface area contributed by atoms with E-state index in [1.54, 1.807) is 16.7 Å². The van der Waals surface area contributed by atoms with Crippen molar-refractivity contribution in [1.82, 2.24) is 15.5 Å². The molecule has 36 heavy (non-hydrogen) atoms. The summed E-state index contributed by atoms with van der Waals surface area (Å²) in [6.07, 6.45) is 2.99. The molecule has 0 aliphatic carbocycles. The van der Waals surface area contributed by atoms with Crippen LogP contribution in [0.4, 0.5) is 10.5 Å². The Morgan fingerprint density at radius 1 is 0.972 bits per heavy atom. The van der Waals surface area contributed by atoms with Gasteiger partial charge in [-0.15, -0.1) is 11.8 Å². The lowest BCUT2D eigenvalue weighted by atomic mass is 9.93. The Morgan fingerprint density at radius 3 is 2.31 bits per heavy atom. The summed E-state index contributed by atoms with van der Waals surface area (Å²) in [5.74, 6) is 0.898. The molecular weight excluding hydrogens is 468 g/mol. The van der Waals surface area contributed by atoms with Crippen molar-refractivity contribution in [3.05, 3.63) is 101 Å². The Kier molecular flexibility index (Phi) is 6.65. The molecule has 3 aromatic carbocycles. The minimum atomic E-state index is -0.419. The molecule has 1 aliphatic rings. The van der Waals surface area contributed by atoms with E-state index < -0.39 is 6.04 Å². The maximum atomic E-state index is 13.4. The number of allylic oxidation sites excluding steroid dienone is 1. The highest BCUT2D eigenvalue weighted by Crippen LogP contribution is 2.39. The molecule has 1 unspecified atom stereocenters. The van der Waals surface area contributed by atoms with Crippen LogP contribution < -0.4 is 10.2 Å². The number of carbonyl (C=O) groups is 1. The van der Waals surface area contributed by atoms with Crippen LogP contribution in [0.15, 0.2) is 87.9 Å². The van der Waals surface area contributed by atoms with Crippen LogP contribution in [-0.4, -0.2) is 22.4 Å². The van der Waals surface area contributed by atoms with Crippen LogP contribution in [0, 0.1) is 6.92 Å². The first-order valence-corrected chi connectivity index (χ1v) is 13.2. The number of aromatic nitrogens is 2. The van der Waals surface area contributed by atoms with Crippen molar-refractivity contribution < 1.29 is 9.32 Å². The molecule has 0 saturated carbocycles. The zero-order valence-electron chi connectivity index (χ0n) is 20.8. The SMILES string of the molecule is CCc1ccc(C2NC(=O)N(c3ccc(C)cc3)C(C)=C2c2nc(-c3ccc(SC)cc3)no2)cc1. The maximum Gasteiger partial charge on any atom is 0.326 e. The summed E-state index contributed by atoms with van der Waals surface area (Å²) in [6.45, 7) is 6.08. The van der Waals surface area contributed by atoms with Gasteiger partial charge in [-0.2, -0.15) is 4.98 Å². The third-order valence-electron chi connectivity index (χ3n) is 6.50. The van der Waals surface area contributed by atoms with Gasteiger partial charge in [0.1, 0.15) is 0 Å². The zero-order valence-corrected chi connectivity index (χ0v) is 21.6. The highest BCUT2D eigenvalue weighted by molar-refractivity contribution is 7.98. The lowest BCUT2D eigenvalue weighted by Gasteiger charge is -2.35. The predicted octanol–water partition coefficient (Wildman–Crippen LogP) is 7.03. The minimum Gasteiger partial charge on any atom is -0.334 e. The Balaban J connectivity index is 1.62. The number of anilines is 1. The predicted molar refractivity (Wildman–Crippen MR) is 145 cm³/mol. The van der Waals surface area contributed by atoms with E-state index in [2.05, 4.69) is 41.7 Å². The van der Waals surface area contributed by atoms with E-state index in [1.165, 1.54) is 10.5 Å². The van der Waals surface area contributed by atoms with Crippen LogP contribution >= 0.6 is 11.8 Å². The van der Waals surface area contributed by atoms with Gasteiger partial charge in [-0.1, -0.05) is 54.0 Å². The van der Waals surface area contributed by atoms with E-state index in [1.807, 2.05) is 68.6 Å². The van der Waals surface area contributed by atoms with Gasteiger partial charge in [-0.05, 0) is 74.0 Å². The molecule has 2 amide bonds. The van der Waals surface area contributed by atoms with E-state index in [0.29, 0.717) is 11.7 Å². The molecule has 1 N–H and O–H groups in total. The highest BCUT2D eigenvalue weighted by atomic mass is 32.2. The largest absolute Gasteiger partial charge is 0.334 e. The molecule has 7 heteroatoms. The van der Waals surface area contributed by atoms with Crippen LogP contribution in [0.1, 0.15) is 42.5 Å². The Morgan fingerprint density at radius 2 is 1.67 bits per heavy atom. The van der Waals surface area contributed by atoms with Gasteiger partial charge < -0.3 is 9.84 Å². The average Bonchev–Trinajstić information content (AvgIpc) is 3.39. The first kappa shape index (κ1) is 23.9. The quantitative estimate of drug-likeness (QED) is 0.290. The van der Waals surface area contributed by atoms with Gasteiger partial charge in [-0.25, -0.2) is 4.79 Å². The second kappa shape index (κ2) is 10.0. The topological polar surface area (TPSA) is 71.3 Å². The van der Waals surface area contributed by atoms with Gasteiger partial charge in [0.25, 0.3) is 5.89 Å². The second-order valence-electron chi connectivity index (χ2n) is 8.80. The number of amides is 2. The van der Waals surface area contributed by atoms with Crippen molar-refractivity contribution in [2.75, 3.05) is 11.2 Å². The van der Waals surface area contributed by atoms with Crippen molar-refractivity contribution in [2.45, 2.75) is 38.1 Å². The number of thioether (sulfide) groups is 1. The molecular formula is C29H28N4O2S. The maximum absolute atomic E-state index is 13.4. The van der Waals surface area contributed by atoms with E-state index in [9.17, 15) is 4.79 Å². The molecule has 1 atom stereocenters. The summed E-state index contributed by atoms with van der Waals surface area (Å²) in [5, 5.41) is 7.45. The summed E-state index contributed by atoms with van der Waals surface area (Å²) in [4.78, 5) is 21.0. The van der Waals surface area contributed by atoms with Crippen molar-refractivity contribution in [2.24, 2.45) is 0 Å². The number of rotatable bonds is 6. The van der Waals surface area contributed by atoms with E-state index in [0.717, 1.165) is 40.1 Å². The lowest BCUT2D eigenvalue weighted by Crippen LogP contribution is -2.46. The second-order valence-corrected chi connectivity index (χ2v) is 9.68. The first-order valence-electron chi connectivity index (χ1n) is 11.9. The van der Waals surface area contributed by atoms with E-state index >= 15 is 0 Å². The number of nitrogens with zero attached hydrogens (tertiary/aromatic N) is 3. The first-order chi connectivity index (χ1) is 17.5. The Hall–Kier alpha value is -3.84. The van der Waals surface area contributed by atoms with E-state index in [4.69, 9.17) is 9.51 Å².